The maximum absolute atomic E-state index is 13.2. The molecule has 1 aliphatic heterocycles. The van der Waals surface area contributed by atoms with Crippen LogP contribution in [0.1, 0.15) is 50.7 Å². The van der Waals surface area contributed by atoms with Gasteiger partial charge in [0.2, 0.25) is 0 Å². The molecule has 0 radical (unpaired) electrons. The number of hydrogen-bond acceptors (Lipinski definition) is 2. The van der Waals surface area contributed by atoms with Crippen molar-refractivity contribution in [3.8, 4) is 0 Å². The van der Waals surface area contributed by atoms with E-state index in [1.165, 1.54) is 18.6 Å². The molecule has 1 aliphatic rings. The van der Waals surface area contributed by atoms with Gasteiger partial charge in [-0.25, -0.2) is 4.39 Å². The lowest BCUT2D eigenvalue weighted by molar-refractivity contribution is 0.0995. The zero-order chi connectivity index (χ0) is 13.0. The molecule has 1 aromatic rings. The molecule has 0 unspecified atom stereocenters. The Bertz CT molecular complexity index is 386. The molecule has 1 saturated heterocycles. The van der Waals surface area contributed by atoms with Crippen LogP contribution >= 0.6 is 12.4 Å². The summed E-state index contributed by atoms with van der Waals surface area (Å²) in [7, 11) is 0. The number of rotatable bonds is 4. The van der Waals surface area contributed by atoms with Gasteiger partial charge in [0.15, 0.2) is 0 Å². The molecule has 19 heavy (non-hydrogen) atoms. The van der Waals surface area contributed by atoms with Crippen molar-refractivity contribution in [3.05, 3.63) is 35.6 Å². The van der Waals surface area contributed by atoms with Crippen molar-refractivity contribution in [3.63, 3.8) is 0 Å². The molecule has 0 saturated carbocycles. The van der Waals surface area contributed by atoms with E-state index < -0.39 is 6.10 Å². The first-order chi connectivity index (χ1) is 8.70. The first kappa shape index (κ1) is 16.4. The number of aliphatic hydroxyl groups is 1. The number of piperidine rings is 1. The molecule has 3 atom stereocenters. The van der Waals surface area contributed by atoms with Gasteiger partial charge in [-0.2, -0.15) is 0 Å². The highest BCUT2D eigenvalue weighted by Crippen LogP contribution is 2.26. The Kier molecular flexibility index (Phi) is 6.76. The molecule has 0 spiro atoms. The Morgan fingerprint density at radius 3 is 2.89 bits per heavy atom. The average Bonchev–Trinajstić information content (AvgIpc) is 2.39. The van der Waals surface area contributed by atoms with Gasteiger partial charge in [-0.15, -0.1) is 12.4 Å². The monoisotopic (exact) mass is 287 g/mol. The van der Waals surface area contributed by atoms with Crippen LogP contribution in [-0.4, -0.2) is 17.2 Å². The second-order valence-electron chi connectivity index (χ2n) is 5.19. The summed E-state index contributed by atoms with van der Waals surface area (Å²) < 4.78 is 13.2. The van der Waals surface area contributed by atoms with E-state index in [1.807, 2.05) is 0 Å². The Hall–Kier alpha value is -0.640. The van der Waals surface area contributed by atoms with E-state index in [4.69, 9.17) is 0 Å². The largest absolute Gasteiger partial charge is 0.387 e. The topological polar surface area (TPSA) is 32.3 Å². The molecule has 2 N–H and O–H groups in total. The van der Waals surface area contributed by atoms with Crippen molar-refractivity contribution in [1.82, 2.24) is 5.32 Å². The van der Waals surface area contributed by atoms with Crippen molar-refractivity contribution in [2.75, 3.05) is 0 Å². The molecule has 1 fully saturated rings. The Morgan fingerprint density at radius 1 is 1.42 bits per heavy atom. The van der Waals surface area contributed by atoms with E-state index in [0.717, 1.165) is 25.7 Å². The molecule has 0 bridgehead atoms. The van der Waals surface area contributed by atoms with Crippen molar-refractivity contribution >= 4 is 12.4 Å². The molecule has 2 rings (SSSR count). The first-order valence-corrected chi connectivity index (χ1v) is 6.90. The van der Waals surface area contributed by atoms with Crippen molar-refractivity contribution in [2.45, 2.75) is 57.2 Å². The van der Waals surface area contributed by atoms with Crippen LogP contribution < -0.4 is 5.32 Å². The molecule has 1 aromatic carbocycles. The summed E-state index contributed by atoms with van der Waals surface area (Å²) in [4.78, 5) is 0. The van der Waals surface area contributed by atoms with Crippen LogP contribution in [0.3, 0.4) is 0 Å². The lowest BCUT2D eigenvalue weighted by Gasteiger charge is -2.34. The maximum atomic E-state index is 13.2. The van der Waals surface area contributed by atoms with Crippen molar-refractivity contribution in [2.24, 2.45) is 0 Å². The highest BCUT2D eigenvalue weighted by atomic mass is 35.5. The van der Waals surface area contributed by atoms with Gasteiger partial charge in [0.25, 0.3) is 0 Å². The molecule has 1 heterocycles. The second-order valence-corrected chi connectivity index (χ2v) is 5.19. The number of hydrogen-bond donors (Lipinski definition) is 2. The van der Waals surface area contributed by atoms with Crippen LogP contribution in [0.2, 0.25) is 0 Å². The smallest absolute Gasteiger partial charge is 0.123 e. The van der Waals surface area contributed by atoms with Gasteiger partial charge >= 0.3 is 0 Å². The van der Waals surface area contributed by atoms with Gasteiger partial charge < -0.3 is 10.4 Å². The maximum Gasteiger partial charge on any atom is 0.123 e. The van der Waals surface area contributed by atoms with Crippen LogP contribution in [0, 0.1) is 5.82 Å². The van der Waals surface area contributed by atoms with Gasteiger partial charge in [0.1, 0.15) is 5.82 Å². The number of nitrogens with one attached hydrogen (secondary N) is 1. The Balaban J connectivity index is 0.00000180. The fraction of sp³-hybridized carbons (Fsp3) is 0.600. The third kappa shape index (κ3) is 4.44. The predicted octanol–water partition coefficient (Wildman–Crippen LogP) is 3.59. The second kappa shape index (κ2) is 7.83. The molecule has 0 aromatic heterocycles. The highest BCUT2D eigenvalue weighted by molar-refractivity contribution is 5.85. The zero-order valence-electron chi connectivity index (χ0n) is 11.3. The quantitative estimate of drug-likeness (QED) is 0.887. The standard InChI is InChI=1S/C15H22FNO.ClH/c1-2-5-13-8-4-9-14(17-13)15(18)11-6-3-7-12(16)10-11;/h3,6-7,10,13-15,17-18H,2,4-5,8-9H2,1H3;1H/t13-,14-,15-;/m0./s1. The molecule has 2 nitrogen and oxygen atoms in total. The van der Waals surface area contributed by atoms with Gasteiger partial charge in [0.05, 0.1) is 6.10 Å². The summed E-state index contributed by atoms with van der Waals surface area (Å²) >= 11 is 0. The van der Waals surface area contributed by atoms with E-state index in [-0.39, 0.29) is 24.3 Å². The predicted molar refractivity (Wildman–Crippen MR) is 78.1 cm³/mol. The van der Waals surface area contributed by atoms with Crippen molar-refractivity contribution < 1.29 is 9.50 Å². The molecule has 0 aliphatic carbocycles. The van der Waals surface area contributed by atoms with Crippen molar-refractivity contribution in [1.29, 1.82) is 0 Å². The van der Waals surface area contributed by atoms with E-state index in [1.54, 1.807) is 12.1 Å². The number of halogens is 2. The van der Waals surface area contributed by atoms with Gasteiger partial charge in [-0.05, 0) is 37.0 Å². The summed E-state index contributed by atoms with van der Waals surface area (Å²) in [6.45, 7) is 2.17. The minimum Gasteiger partial charge on any atom is -0.387 e. The fourth-order valence-corrected chi connectivity index (χ4v) is 2.80. The fourth-order valence-electron chi connectivity index (χ4n) is 2.80. The van der Waals surface area contributed by atoms with E-state index >= 15 is 0 Å². The van der Waals surface area contributed by atoms with E-state index in [0.29, 0.717) is 11.6 Å². The van der Waals surface area contributed by atoms with Crippen LogP contribution in [0.5, 0.6) is 0 Å². The minimum absolute atomic E-state index is 0. The number of aliphatic hydroxyl groups excluding tert-OH is 1. The van der Waals surface area contributed by atoms with Crippen LogP contribution in [-0.2, 0) is 0 Å². The molecular formula is C15H23ClFNO. The average molecular weight is 288 g/mol. The SMILES string of the molecule is CCC[C@H]1CCC[C@@H]([C@@H](O)c2cccc(F)c2)N1.Cl. The molecular weight excluding hydrogens is 265 g/mol. The Morgan fingerprint density at radius 2 is 2.21 bits per heavy atom. The lowest BCUT2D eigenvalue weighted by atomic mass is 9.90. The Labute approximate surface area is 120 Å². The minimum atomic E-state index is -0.611. The third-order valence-corrected chi connectivity index (χ3v) is 3.73. The van der Waals surface area contributed by atoms with E-state index in [2.05, 4.69) is 12.2 Å². The zero-order valence-corrected chi connectivity index (χ0v) is 12.1. The first-order valence-electron chi connectivity index (χ1n) is 6.90. The van der Waals surface area contributed by atoms with Crippen LogP contribution in [0.15, 0.2) is 24.3 Å². The molecule has 0 amide bonds. The normalized spacial score (nSPS) is 24.6. The highest BCUT2D eigenvalue weighted by Gasteiger charge is 2.27. The van der Waals surface area contributed by atoms with E-state index in [9.17, 15) is 9.50 Å². The lowest BCUT2D eigenvalue weighted by Crippen LogP contribution is -2.45. The third-order valence-electron chi connectivity index (χ3n) is 3.73. The van der Waals surface area contributed by atoms with Gasteiger partial charge in [-0.3, -0.25) is 0 Å². The van der Waals surface area contributed by atoms with Gasteiger partial charge in [0, 0.05) is 12.1 Å². The summed E-state index contributed by atoms with van der Waals surface area (Å²) in [6.07, 6.45) is 4.96. The van der Waals surface area contributed by atoms with Gasteiger partial charge in [-0.1, -0.05) is 31.9 Å². The van der Waals surface area contributed by atoms with Crippen LogP contribution in [0.4, 0.5) is 4.39 Å². The summed E-state index contributed by atoms with van der Waals surface area (Å²) in [5.41, 5.74) is 0.671. The number of benzene rings is 1. The summed E-state index contributed by atoms with van der Waals surface area (Å²) in [5.74, 6) is -0.285. The van der Waals surface area contributed by atoms with Crippen LogP contribution in [0.25, 0.3) is 0 Å². The molecule has 108 valence electrons. The summed E-state index contributed by atoms with van der Waals surface area (Å²) in [6, 6.07) is 6.83. The summed E-state index contributed by atoms with van der Waals surface area (Å²) in [5, 5.41) is 13.8. The molecule has 4 heteroatoms.